The van der Waals surface area contributed by atoms with Crippen LogP contribution >= 0.6 is 11.3 Å². The molecule has 0 unspecified atom stereocenters. The van der Waals surface area contributed by atoms with Gasteiger partial charge in [-0.25, -0.2) is 4.79 Å². The first-order chi connectivity index (χ1) is 13.7. The first kappa shape index (κ1) is 19.4. The van der Waals surface area contributed by atoms with Gasteiger partial charge in [0.25, 0.3) is 5.91 Å². The van der Waals surface area contributed by atoms with E-state index in [1.165, 1.54) is 4.88 Å². The zero-order chi connectivity index (χ0) is 19.6. The second-order valence-electron chi connectivity index (χ2n) is 5.94. The molecule has 144 valence electrons. The third kappa shape index (κ3) is 6.44. The van der Waals surface area contributed by atoms with E-state index in [9.17, 15) is 9.59 Å². The van der Waals surface area contributed by atoms with Gasteiger partial charge in [0.2, 0.25) is 0 Å². The van der Waals surface area contributed by atoms with Crippen molar-refractivity contribution >= 4 is 34.6 Å². The van der Waals surface area contributed by atoms with Gasteiger partial charge in [-0.05, 0) is 42.1 Å². The Bertz CT molecular complexity index is 898. The average Bonchev–Trinajstić information content (AvgIpc) is 3.21. The van der Waals surface area contributed by atoms with Crippen LogP contribution in [0.3, 0.4) is 0 Å². The average molecular weight is 395 g/mol. The molecule has 0 saturated carbocycles. The summed E-state index contributed by atoms with van der Waals surface area (Å²) in [4.78, 5) is 25.2. The van der Waals surface area contributed by atoms with Gasteiger partial charge < -0.3 is 20.7 Å². The summed E-state index contributed by atoms with van der Waals surface area (Å²) in [5.41, 5.74) is 1.31. The molecule has 2 aromatic carbocycles. The Kier molecular flexibility index (Phi) is 7.03. The Morgan fingerprint density at radius 2 is 1.71 bits per heavy atom. The number of hydrogen-bond acceptors (Lipinski definition) is 4. The van der Waals surface area contributed by atoms with E-state index in [2.05, 4.69) is 16.0 Å². The van der Waals surface area contributed by atoms with Gasteiger partial charge in [-0.2, -0.15) is 0 Å². The zero-order valence-corrected chi connectivity index (χ0v) is 16.0. The summed E-state index contributed by atoms with van der Waals surface area (Å²) in [5, 5.41) is 10.3. The first-order valence-electron chi connectivity index (χ1n) is 8.84. The number of hydrogen-bond donors (Lipinski definition) is 3. The molecule has 0 atom stereocenters. The van der Waals surface area contributed by atoms with Gasteiger partial charge in [-0.15, -0.1) is 11.3 Å². The van der Waals surface area contributed by atoms with Gasteiger partial charge in [-0.3, -0.25) is 4.79 Å². The first-order valence-corrected chi connectivity index (χ1v) is 9.72. The van der Waals surface area contributed by atoms with Crippen molar-refractivity contribution in [1.82, 2.24) is 5.32 Å². The molecule has 6 nitrogen and oxygen atoms in total. The Labute approximate surface area is 167 Å². The van der Waals surface area contributed by atoms with Crippen LogP contribution in [0.1, 0.15) is 4.88 Å². The molecule has 0 saturated heterocycles. The van der Waals surface area contributed by atoms with Gasteiger partial charge >= 0.3 is 6.03 Å². The molecular formula is C21H21N3O3S. The number of ether oxygens (including phenoxy) is 1. The van der Waals surface area contributed by atoms with Gasteiger partial charge in [0.15, 0.2) is 6.61 Å². The molecule has 0 bridgehead atoms. The number of urea groups is 1. The molecular weight excluding hydrogens is 374 g/mol. The molecule has 1 heterocycles. The van der Waals surface area contributed by atoms with Gasteiger partial charge in [0.05, 0.1) is 0 Å². The lowest BCUT2D eigenvalue weighted by molar-refractivity contribution is -0.118. The highest BCUT2D eigenvalue weighted by Gasteiger charge is 2.06. The molecule has 3 amide bonds. The summed E-state index contributed by atoms with van der Waals surface area (Å²) in [6.45, 7) is 0.438. The largest absolute Gasteiger partial charge is 0.484 e. The maximum atomic E-state index is 12.0. The van der Waals surface area contributed by atoms with Crippen molar-refractivity contribution in [1.29, 1.82) is 0 Å². The van der Waals surface area contributed by atoms with Crippen LogP contribution in [0.5, 0.6) is 5.75 Å². The van der Waals surface area contributed by atoms with Gasteiger partial charge in [0, 0.05) is 28.9 Å². The second kappa shape index (κ2) is 10.1. The molecule has 1 aromatic heterocycles. The van der Waals surface area contributed by atoms with Crippen molar-refractivity contribution in [2.24, 2.45) is 0 Å². The summed E-state index contributed by atoms with van der Waals surface area (Å²) >= 11 is 1.67. The maximum absolute atomic E-state index is 12.0. The summed E-state index contributed by atoms with van der Waals surface area (Å²) in [6, 6.07) is 19.8. The Morgan fingerprint density at radius 3 is 2.50 bits per heavy atom. The minimum atomic E-state index is -0.282. The number of thiophene rings is 1. The molecule has 3 N–H and O–H groups in total. The number of nitrogens with one attached hydrogen (secondary N) is 3. The monoisotopic (exact) mass is 395 g/mol. The fourth-order valence-electron chi connectivity index (χ4n) is 2.46. The topological polar surface area (TPSA) is 79.5 Å². The summed E-state index contributed by atoms with van der Waals surface area (Å²) in [5.74, 6) is 0.246. The van der Waals surface area contributed by atoms with E-state index in [1.807, 2.05) is 35.7 Å². The van der Waals surface area contributed by atoms with Crippen LogP contribution in [0, 0.1) is 0 Å². The zero-order valence-electron chi connectivity index (χ0n) is 15.2. The summed E-state index contributed by atoms with van der Waals surface area (Å²) in [7, 11) is 0. The minimum absolute atomic E-state index is 0.120. The predicted molar refractivity (Wildman–Crippen MR) is 112 cm³/mol. The standard InChI is InChI=1S/C21H21N3O3S/c25-20(23-16-6-2-1-3-7-16)15-27-18-9-4-8-17(14-18)24-21(26)22-12-11-19-10-5-13-28-19/h1-10,13-14H,11-12,15H2,(H,23,25)(H2,22,24,26). The lowest BCUT2D eigenvalue weighted by Crippen LogP contribution is -2.30. The fourth-order valence-corrected chi connectivity index (χ4v) is 3.17. The van der Waals surface area contributed by atoms with Crippen LogP contribution < -0.4 is 20.7 Å². The van der Waals surface area contributed by atoms with Crippen molar-refractivity contribution in [2.75, 3.05) is 23.8 Å². The molecule has 0 radical (unpaired) electrons. The third-order valence-corrected chi connectivity index (χ3v) is 4.69. The lowest BCUT2D eigenvalue weighted by atomic mass is 10.3. The van der Waals surface area contributed by atoms with E-state index >= 15 is 0 Å². The number of rotatable bonds is 8. The van der Waals surface area contributed by atoms with Crippen molar-refractivity contribution in [3.05, 3.63) is 77.0 Å². The molecule has 28 heavy (non-hydrogen) atoms. The second-order valence-corrected chi connectivity index (χ2v) is 6.97. The van der Waals surface area contributed by atoms with Crippen LogP contribution in [0.4, 0.5) is 16.2 Å². The van der Waals surface area contributed by atoms with E-state index < -0.39 is 0 Å². The smallest absolute Gasteiger partial charge is 0.319 e. The fraction of sp³-hybridized carbons (Fsp3) is 0.143. The third-order valence-electron chi connectivity index (χ3n) is 3.76. The maximum Gasteiger partial charge on any atom is 0.319 e. The normalized spacial score (nSPS) is 10.1. The van der Waals surface area contributed by atoms with E-state index in [1.54, 1.807) is 47.7 Å². The van der Waals surface area contributed by atoms with Gasteiger partial charge in [-0.1, -0.05) is 30.3 Å². The van der Waals surface area contributed by atoms with E-state index in [4.69, 9.17) is 4.74 Å². The quantitative estimate of drug-likeness (QED) is 0.537. The highest BCUT2D eigenvalue weighted by atomic mass is 32.1. The summed E-state index contributed by atoms with van der Waals surface area (Å²) in [6.07, 6.45) is 0.796. The molecule has 0 spiro atoms. The molecule has 0 aliphatic heterocycles. The van der Waals surface area contributed by atoms with Crippen molar-refractivity contribution in [2.45, 2.75) is 6.42 Å². The van der Waals surface area contributed by atoms with Crippen molar-refractivity contribution in [3.8, 4) is 5.75 Å². The molecule has 0 aliphatic rings. The number of benzene rings is 2. The van der Waals surface area contributed by atoms with Crippen LogP contribution in [-0.4, -0.2) is 25.1 Å². The van der Waals surface area contributed by atoms with E-state index in [0.29, 0.717) is 23.7 Å². The van der Waals surface area contributed by atoms with Crippen molar-refractivity contribution in [3.63, 3.8) is 0 Å². The van der Waals surface area contributed by atoms with Crippen LogP contribution in [0.2, 0.25) is 0 Å². The SMILES string of the molecule is O=C(COc1cccc(NC(=O)NCCc2cccs2)c1)Nc1ccccc1. The highest BCUT2D eigenvalue weighted by Crippen LogP contribution is 2.17. The van der Waals surface area contributed by atoms with E-state index in [0.717, 1.165) is 6.42 Å². The number of anilines is 2. The van der Waals surface area contributed by atoms with Crippen LogP contribution in [-0.2, 0) is 11.2 Å². The van der Waals surface area contributed by atoms with Crippen molar-refractivity contribution < 1.29 is 14.3 Å². The van der Waals surface area contributed by atoms with Crippen LogP contribution in [0.15, 0.2) is 72.1 Å². The Morgan fingerprint density at radius 1 is 0.893 bits per heavy atom. The molecule has 3 aromatic rings. The lowest BCUT2D eigenvalue weighted by Gasteiger charge is -2.10. The number of amides is 3. The number of para-hydroxylation sites is 1. The number of carbonyl (C=O) groups excluding carboxylic acids is 2. The minimum Gasteiger partial charge on any atom is -0.484 e. The Hall–Kier alpha value is -3.32. The molecule has 3 rings (SSSR count). The Balaban J connectivity index is 1.42. The predicted octanol–water partition coefficient (Wildman–Crippen LogP) is 4.13. The van der Waals surface area contributed by atoms with Crippen LogP contribution in [0.25, 0.3) is 0 Å². The molecule has 0 aliphatic carbocycles. The molecule has 7 heteroatoms. The highest BCUT2D eigenvalue weighted by molar-refractivity contribution is 7.09. The van der Waals surface area contributed by atoms with E-state index in [-0.39, 0.29) is 18.5 Å². The number of carbonyl (C=O) groups is 2. The summed E-state index contributed by atoms with van der Waals surface area (Å²) < 4.78 is 5.51. The molecule has 0 fully saturated rings. The van der Waals surface area contributed by atoms with Gasteiger partial charge in [0.1, 0.15) is 5.75 Å².